The van der Waals surface area contributed by atoms with Crippen molar-refractivity contribution >= 4 is 5.91 Å². The molecule has 1 saturated heterocycles. The molecular formula is C13H16N6O. The molecule has 0 radical (unpaired) electrons. The van der Waals surface area contributed by atoms with Crippen LogP contribution in [0, 0.1) is 0 Å². The van der Waals surface area contributed by atoms with Gasteiger partial charge in [-0.05, 0) is 41.6 Å². The summed E-state index contributed by atoms with van der Waals surface area (Å²) in [6.07, 6.45) is 1.52. The Morgan fingerprint density at radius 3 is 2.65 bits per heavy atom. The monoisotopic (exact) mass is 272 g/mol. The van der Waals surface area contributed by atoms with Crippen LogP contribution in [0.1, 0.15) is 17.3 Å². The number of carbonyl (C=O) groups excluding carboxylic acids is 1. The third kappa shape index (κ3) is 2.27. The molecule has 3 rings (SSSR count). The van der Waals surface area contributed by atoms with Gasteiger partial charge in [0, 0.05) is 25.2 Å². The van der Waals surface area contributed by atoms with Gasteiger partial charge in [0.15, 0.2) is 0 Å². The Kier molecular flexibility index (Phi) is 3.42. The van der Waals surface area contributed by atoms with Crippen LogP contribution in [-0.4, -0.2) is 56.7 Å². The van der Waals surface area contributed by atoms with Crippen molar-refractivity contribution in [3.05, 3.63) is 36.2 Å². The zero-order valence-electron chi connectivity index (χ0n) is 11.2. The average Bonchev–Trinajstić information content (AvgIpc) is 2.96. The summed E-state index contributed by atoms with van der Waals surface area (Å²) in [5.74, 6) is 0.0715. The van der Waals surface area contributed by atoms with Crippen molar-refractivity contribution in [2.75, 3.05) is 19.6 Å². The van der Waals surface area contributed by atoms with E-state index in [4.69, 9.17) is 0 Å². The van der Waals surface area contributed by atoms with Crippen molar-refractivity contribution in [1.82, 2.24) is 30.4 Å². The van der Waals surface area contributed by atoms with Gasteiger partial charge in [-0.3, -0.25) is 4.79 Å². The van der Waals surface area contributed by atoms with Gasteiger partial charge in [-0.15, -0.1) is 5.10 Å². The SMILES string of the molecule is CCN(C(=O)c1ccc(-n2cnnn2)cc1)C1CNC1. The van der Waals surface area contributed by atoms with E-state index in [0.29, 0.717) is 11.6 Å². The van der Waals surface area contributed by atoms with E-state index in [-0.39, 0.29) is 5.91 Å². The Morgan fingerprint density at radius 1 is 1.40 bits per heavy atom. The molecule has 1 aliphatic rings. The number of nitrogens with one attached hydrogen (secondary N) is 1. The number of benzene rings is 1. The van der Waals surface area contributed by atoms with E-state index in [1.54, 1.807) is 4.68 Å². The van der Waals surface area contributed by atoms with Crippen LogP contribution in [0.4, 0.5) is 0 Å². The highest BCUT2D eigenvalue weighted by molar-refractivity contribution is 5.94. The maximum Gasteiger partial charge on any atom is 0.254 e. The van der Waals surface area contributed by atoms with E-state index in [0.717, 1.165) is 25.3 Å². The van der Waals surface area contributed by atoms with Gasteiger partial charge < -0.3 is 10.2 Å². The highest BCUT2D eigenvalue weighted by atomic mass is 16.2. The summed E-state index contributed by atoms with van der Waals surface area (Å²) >= 11 is 0. The highest BCUT2D eigenvalue weighted by Crippen LogP contribution is 2.13. The lowest BCUT2D eigenvalue weighted by molar-refractivity contribution is 0.0630. The normalized spacial score (nSPS) is 14.8. The van der Waals surface area contributed by atoms with Crippen molar-refractivity contribution in [2.24, 2.45) is 0 Å². The lowest BCUT2D eigenvalue weighted by atomic mass is 10.1. The molecule has 0 aliphatic carbocycles. The molecule has 2 heterocycles. The molecule has 7 heteroatoms. The summed E-state index contributed by atoms with van der Waals surface area (Å²) in [5.41, 5.74) is 1.52. The van der Waals surface area contributed by atoms with Crippen LogP contribution in [-0.2, 0) is 0 Å². The third-order valence-electron chi connectivity index (χ3n) is 3.53. The molecule has 1 aromatic heterocycles. The van der Waals surface area contributed by atoms with E-state index in [9.17, 15) is 4.79 Å². The summed E-state index contributed by atoms with van der Waals surface area (Å²) in [7, 11) is 0. The lowest BCUT2D eigenvalue weighted by Gasteiger charge is -2.37. The second kappa shape index (κ2) is 5.38. The zero-order valence-corrected chi connectivity index (χ0v) is 11.2. The lowest BCUT2D eigenvalue weighted by Crippen LogP contribution is -2.58. The van der Waals surface area contributed by atoms with Gasteiger partial charge in [-0.1, -0.05) is 0 Å². The number of likely N-dealkylation sites (N-methyl/N-ethyl adjacent to an activating group) is 1. The summed E-state index contributed by atoms with van der Waals surface area (Å²) in [4.78, 5) is 14.4. The van der Waals surface area contributed by atoms with Gasteiger partial charge in [0.1, 0.15) is 6.33 Å². The first-order valence-electron chi connectivity index (χ1n) is 6.64. The third-order valence-corrected chi connectivity index (χ3v) is 3.53. The molecule has 0 saturated carbocycles. The fourth-order valence-electron chi connectivity index (χ4n) is 2.26. The fourth-order valence-corrected chi connectivity index (χ4v) is 2.26. The predicted octanol–water partition coefficient (Wildman–Crippen LogP) is 0.0962. The molecule has 1 fully saturated rings. The summed E-state index contributed by atoms with van der Waals surface area (Å²) < 4.78 is 1.56. The highest BCUT2D eigenvalue weighted by Gasteiger charge is 2.27. The van der Waals surface area contributed by atoms with Crippen LogP contribution in [0.15, 0.2) is 30.6 Å². The number of tetrazole rings is 1. The predicted molar refractivity (Wildman–Crippen MR) is 72.5 cm³/mol. The van der Waals surface area contributed by atoms with E-state index < -0.39 is 0 Å². The summed E-state index contributed by atoms with van der Waals surface area (Å²) in [6.45, 7) is 4.48. The number of nitrogens with zero attached hydrogens (tertiary/aromatic N) is 5. The van der Waals surface area contributed by atoms with Gasteiger partial charge >= 0.3 is 0 Å². The molecule has 1 N–H and O–H groups in total. The van der Waals surface area contributed by atoms with Crippen molar-refractivity contribution in [3.63, 3.8) is 0 Å². The van der Waals surface area contributed by atoms with Crippen LogP contribution in [0.25, 0.3) is 5.69 Å². The molecule has 1 amide bonds. The molecule has 0 bridgehead atoms. The first-order valence-corrected chi connectivity index (χ1v) is 6.64. The Morgan fingerprint density at radius 2 is 2.15 bits per heavy atom. The van der Waals surface area contributed by atoms with Crippen LogP contribution in [0.5, 0.6) is 0 Å². The number of aromatic nitrogens is 4. The minimum absolute atomic E-state index is 0.0715. The first-order chi connectivity index (χ1) is 9.79. The number of hydrogen-bond donors (Lipinski definition) is 1. The largest absolute Gasteiger partial charge is 0.333 e. The molecule has 20 heavy (non-hydrogen) atoms. The Balaban J connectivity index is 1.78. The van der Waals surface area contributed by atoms with E-state index in [1.165, 1.54) is 6.33 Å². The van der Waals surface area contributed by atoms with Crippen LogP contribution < -0.4 is 5.32 Å². The number of hydrogen-bond acceptors (Lipinski definition) is 5. The van der Waals surface area contributed by atoms with Crippen molar-refractivity contribution in [1.29, 1.82) is 0 Å². The van der Waals surface area contributed by atoms with E-state index >= 15 is 0 Å². The molecule has 7 nitrogen and oxygen atoms in total. The molecule has 1 aromatic carbocycles. The molecule has 0 unspecified atom stereocenters. The summed E-state index contributed by atoms with van der Waals surface area (Å²) in [5, 5.41) is 14.2. The fraction of sp³-hybridized carbons (Fsp3) is 0.385. The van der Waals surface area contributed by atoms with E-state index in [2.05, 4.69) is 20.8 Å². The molecule has 104 valence electrons. The van der Waals surface area contributed by atoms with Crippen molar-refractivity contribution < 1.29 is 4.79 Å². The van der Waals surface area contributed by atoms with Crippen molar-refractivity contribution in [3.8, 4) is 5.69 Å². The van der Waals surface area contributed by atoms with Gasteiger partial charge in [-0.2, -0.15) is 0 Å². The number of carbonyl (C=O) groups is 1. The summed E-state index contributed by atoms with van der Waals surface area (Å²) in [6, 6.07) is 7.63. The Hall–Kier alpha value is -2.28. The number of amides is 1. The molecule has 0 atom stereocenters. The molecule has 1 aliphatic heterocycles. The van der Waals surface area contributed by atoms with Crippen LogP contribution in [0.2, 0.25) is 0 Å². The quantitative estimate of drug-likeness (QED) is 0.854. The minimum Gasteiger partial charge on any atom is -0.333 e. The van der Waals surface area contributed by atoms with E-state index in [1.807, 2.05) is 36.1 Å². The molecule has 0 spiro atoms. The average molecular weight is 272 g/mol. The maximum atomic E-state index is 12.5. The number of rotatable bonds is 4. The van der Waals surface area contributed by atoms with Gasteiger partial charge in [-0.25, -0.2) is 4.68 Å². The minimum atomic E-state index is 0.0715. The van der Waals surface area contributed by atoms with Gasteiger partial charge in [0.05, 0.1) is 11.7 Å². The van der Waals surface area contributed by atoms with Crippen LogP contribution >= 0.6 is 0 Å². The second-order valence-electron chi connectivity index (χ2n) is 4.70. The van der Waals surface area contributed by atoms with Crippen LogP contribution in [0.3, 0.4) is 0 Å². The standard InChI is InChI=1S/C13H16N6O/c1-2-18(12-7-14-8-12)13(20)10-3-5-11(6-4-10)19-9-15-16-17-19/h3-6,9,12,14H,2,7-8H2,1H3. The Bertz CT molecular complexity index is 575. The maximum absolute atomic E-state index is 12.5. The molecular weight excluding hydrogens is 256 g/mol. The smallest absolute Gasteiger partial charge is 0.254 e. The topological polar surface area (TPSA) is 75.9 Å². The van der Waals surface area contributed by atoms with Crippen molar-refractivity contribution in [2.45, 2.75) is 13.0 Å². The molecule has 2 aromatic rings. The van der Waals surface area contributed by atoms with Gasteiger partial charge in [0.2, 0.25) is 0 Å². The Labute approximate surface area is 116 Å². The first kappa shape index (κ1) is 12.7. The second-order valence-corrected chi connectivity index (χ2v) is 4.70. The van der Waals surface area contributed by atoms with Gasteiger partial charge in [0.25, 0.3) is 5.91 Å². The zero-order chi connectivity index (χ0) is 13.9.